The van der Waals surface area contributed by atoms with E-state index in [-0.39, 0.29) is 0 Å². The van der Waals surface area contributed by atoms with Crippen LogP contribution in [0.25, 0.3) is 0 Å². The molecule has 0 radical (unpaired) electrons. The molecule has 1 atom stereocenters. The summed E-state index contributed by atoms with van der Waals surface area (Å²) in [5, 5.41) is 3.57. The average molecular weight is 276 g/mol. The van der Waals surface area contributed by atoms with Gasteiger partial charge in [-0.05, 0) is 44.9 Å². The second-order valence-electron chi connectivity index (χ2n) is 4.05. The maximum atomic E-state index is 5.95. The van der Waals surface area contributed by atoms with Crippen LogP contribution >= 0.6 is 22.9 Å². The Morgan fingerprint density at radius 1 is 1.41 bits per heavy atom. The lowest BCUT2D eigenvalue weighted by Crippen LogP contribution is -2.32. The molecule has 2 nitrogen and oxygen atoms in total. The molecule has 0 aliphatic rings. The Morgan fingerprint density at radius 3 is 2.82 bits per heavy atom. The largest absolute Gasteiger partial charge is 0.382 e. The van der Waals surface area contributed by atoms with E-state index in [4.69, 9.17) is 16.3 Å². The van der Waals surface area contributed by atoms with Crippen LogP contribution in [0.1, 0.15) is 31.6 Å². The van der Waals surface area contributed by atoms with E-state index in [1.165, 1.54) is 4.88 Å². The molecule has 17 heavy (non-hydrogen) atoms. The lowest BCUT2D eigenvalue weighted by atomic mass is 10.1. The molecule has 1 unspecified atom stereocenters. The quantitative estimate of drug-likeness (QED) is 0.693. The topological polar surface area (TPSA) is 21.3 Å². The smallest absolute Gasteiger partial charge is 0.0931 e. The van der Waals surface area contributed by atoms with Crippen LogP contribution < -0.4 is 5.32 Å². The third-order valence-electron chi connectivity index (χ3n) is 2.57. The van der Waals surface area contributed by atoms with E-state index in [0.29, 0.717) is 6.04 Å². The fourth-order valence-electron chi connectivity index (χ4n) is 1.70. The van der Waals surface area contributed by atoms with E-state index < -0.39 is 0 Å². The van der Waals surface area contributed by atoms with Crippen molar-refractivity contribution in [2.75, 3.05) is 19.8 Å². The highest BCUT2D eigenvalue weighted by Crippen LogP contribution is 2.23. The van der Waals surface area contributed by atoms with E-state index in [0.717, 1.165) is 43.4 Å². The highest BCUT2D eigenvalue weighted by Gasteiger charge is 2.10. The molecular formula is C13H22ClNOS. The number of nitrogens with one attached hydrogen (secondary N) is 1. The molecule has 1 N–H and O–H groups in total. The molecule has 0 saturated heterocycles. The van der Waals surface area contributed by atoms with Crippen LogP contribution in [0.15, 0.2) is 12.1 Å². The second-order valence-corrected chi connectivity index (χ2v) is 5.85. The third-order valence-corrected chi connectivity index (χ3v) is 3.83. The first-order valence-electron chi connectivity index (χ1n) is 6.31. The maximum Gasteiger partial charge on any atom is 0.0931 e. The van der Waals surface area contributed by atoms with Gasteiger partial charge in [0.25, 0.3) is 0 Å². The van der Waals surface area contributed by atoms with Gasteiger partial charge >= 0.3 is 0 Å². The Hall–Kier alpha value is -0.0900. The van der Waals surface area contributed by atoms with Crippen LogP contribution in [0.2, 0.25) is 4.34 Å². The number of hydrogen-bond donors (Lipinski definition) is 1. The molecule has 0 spiro atoms. The molecule has 1 aromatic heterocycles. The SMILES string of the molecule is CCCNC(CCOCC)Cc1ccc(Cl)s1. The molecule has 98 valence electrons. The second kappa shape index (κ2) is 8.92. The van der Waals surface area contributed by atoms with Crippen molar-refractivity contribution < 1.29 is 4.74 Å². The molecule has 0 saturated carbocycles. The van der Waals surface area contributed by atoms with E-state index in [1.54, 1.807) is 11.3 Å². The number of hydrogen-bond acceptors (Lipinski definition) is 3. The highest BCUT2D eigenvalue weighted by molar-refractivity contribution is 7.16. The number of ether oxygens (including phenoxy) is 1. The molecule has 0 bridgehead atoms. The van der Waals surface area contributed by atoms with Gasteiger partial charge in [0, 0.05) is 24.1 Å². The summed E-state index contributed by atoms with van der Waals surface area (Å²) >= 11 is 7.62. The average Bonchev–Trinajstić information content (AvgIpc) is 2.72. The van der Waals surface area contributed by atoms with Crippen LogP contribution in [-0.2, 0) is 11.2 Å². The van der Waals surface area contributed by atoms with Crippen LogP contribution in [0, 0.1) is 0 Å². The van der Waals surface area contributed by atoms with Gasteiger partial charge in [0.15, 0.2) is 0 Å². The fraction of sp³-hybridized carbons (Fsp3) is 0.692. The van der Waals surface area contributed by atoms with Gasteiger partial charge in [0.2, 0.25) is 0 Å². The lowest BCUT2D eigenvalue weighted by Gasteiger charge is -2.17. The van der Waals surface area contributed by atoms with Gasteiger partial charge in [-0.25, -0.2) is 0 Å². The Morgan fingerprint density at radius 2 is 2.24 bits per heavy atom. The number of halogens is 1. The van der Waals surface area contributed by atoms with E-state index in [9.17, 15) is 0 Å². The van der Waals surface area contributed by atoms with Crippen molar-refractivity contribution in [1.29, 1.82) is 0 Å². The highest BCUT2D eigenvalue weighted by atomic mass is 35.5. The molecule has 1 rings (SSSR count). The summed E-state index contributed by atoms with van der Waals surface area (Å²) < 4.78 is 6.30. The predicted octanol–water partition coefficient (Wildman–Crippen LogP) is 3.74. The van der Waals surface area contributed by atoms with Crippen LogP contribution in [0.3, 0.4) is 0 Å². The van der Waals surface area contributed by atoms with E-state index in [2.05, 4.69) is 18.3 Å². The Kier molecular flexibility index (Phi) is 7.86. The summed E-state index contributed by atoms with van der Waals surface area (Å²) in [5.74, 6) is 0. The molecule has 4 heteroatoms. The summed E-state index contributed by atoms with van der Waals surface area (Å²) in [4.78, 5) is 1.35. The summed E-state index contributed by atoms with van der Waals surface area (Å²) in [7, 11) is 0. The molecular weight excluding hydrogens is 254 g/mol. The van der Waals surface area contributed by atoms with Gasteiger partial charge in [-0.3, -0.25) is 0 Å². The zero-order chi connectivity index (χ0) is 12.5. The first kappa shape index (κ1) is 15.0. The summed E-state index contributed by atoms with van der Waals surface area (Å²) in [5.41, 5.74) is 0. The first-order chi connectivity index (χ1) is 8.26. The molecule has 0 aromatic carbocycles. The molecule has 0 amide bonds. The van der Waals surface area contributed by atoms with Gasteiger partial charge in [0.05, 0.1) is 4.34 Å². The van der Waals surface area contributed by atoms with Crippen molar-refractivity contribution in [3.63, 3.8) is 0 Å². The summed E-state index contributed by atoms with van der Waals surface area (Å²) in [6.07, 6.45) is 3.27. The minimum Gasteiger partial charge on any atom is -0.382 e. The third kappa shape index (κ3) is 6.41. The van der Waals surface area contributed by atoms with Crippen molar-refractivity contribution in [2.24, 2.45) is 0 Å². The monoisotopic (exact) mass is 275 g/mol. The van der Waals surface area contributed by atoms with Crippen molar-refractivity contribution in [3.8, 4) is 0 Å². The van der Waals surface area contributed by atoms with Gasteiger partial charge < -0.3 is 10.1 Å². The van der Waals surface area contributed by atoms with E-state index >= 15 is 0 Å². The molecule has 1 aromatic rings. The van der Waals surface area contributed by atoms with Gasteiger partial charge in [-0.2, -0.15) is 0 Å². The standard InChI is InChI=1S/C13H22ClNOS/c1-3-8-15-11(7-9-16-4-2)10-12-5-6-13(14)17-12/h5-6,11,15H,3-4,7-10H2,1-2H3. The predicted molar refractivity (Wildman–Crippen MR) is 76.2 cm³/mol. The number of thiophene rings is 1. The molecule has 0 fully saturated rings. The summed E-state index contributed by atoms with van der Waals surface area (Å²) in [6, 6.07) is 4.59. The fourth-order valence-corrected chi connectivity index (χ4v) is 2.87. The molecule has 1 heterocycles. The van der Waals surface area contributed by atoms with Crippen molar-refractivity contribution in [1.82, 2.24) is 5.32 Å². The minimum absolute atomic E-state index is 0.496. The maximum absolute atomic E-state index is 5.95. The van der Waals surface area contributed by atoms with Gasteiger partial charge in [-0.1, -0.05) is 18.5 Å². The first-order valence-corrected chi connectivity index (χ1v) is 7.51. The zero-order valence-electron chi connectivity index (χ0n) is 10.7. The number of rotatable bonds is 9. The van der Waals surface area contributed by atoms with Crippen molar-refractivity contribution in [2.45, 2.75) is 39.2 Å². The Bertz CT molecular complexity index is 303. The Balaban J connectivity index is 2.38. The van der Waals surface area contributed by atoms with Crippen molar-refractivity contribution in [3.05, 3.63) is 21.3 Å². The lowest BCUT2D eigenvalue weighted by molar-refractivity contribution is 0.136. The van der Waals surface area contributed by atoms with Gasteiger partial charge in [0.1, 0.15) is 0 Å². The van der Waals surface area contributed by atoms with Crippen molar-refractivity contribution >= 4 is 22.9 Å². The summed E-state index contributed by atoms with van der Waals surface area (Å²) in [6.45, 7) is 6.92. The zero-order valence-corrected chi connectivity index (χ0v) is 12.2. The van der Waals surface area contributed by atoms with Gasteiger partial charge in [-0.15, -0.1) is 11.3 Å². The normalized spacial score (nSPS) is 12.9. The Labute approximate surface area is 113 Å². The molecule has 0 aliphatic heterocycles. The van der Waals surface area contributed by atoms with Crippen LogP contribution in [0.5, 0.6) is 0 Å². The van der Waals surface area contributed by atoms with Crippen LogP contribution in [0.4, 0.5) is 0 Å². The van der Waals surface area contributed by atoms with E-state index in [1.807, 2.05) is 13.0 Å². The van der Waals surface area contributed by atoms with Crippen LogP contribution in [-0.4, -0.2) is 25.8 Å². The molecule has 0 aliphatic carbocycles. The minimum atomic E-state index is 0.496.